The van der Waals surface area contributed by atoms with Crippen LogP contribution in [-0.4, -0.2) is 72.9 Å². The van der Waals surface area contributed by atoms with Gasteiger partial charge in [0.25, 0.3) is 0 Å². The highest BCUT2D eigenvalue weighted by molar-refractivity contribution is 7.89. The molecule has 9 heteroatoms. The van der Waals surface area contributed by atoms with Crippen LogP contribution in [0.5, 0.6) is 0 Å². The van der Waals surface area contributed by atoms with Crippen molar-refractivity contribution < 1.29 is 13.2 Å². The Hall–Kier alpha value is -3.08. The number of hydrogen-bond donors (Lipinski definition) is 0. The predicted molar refractivity (Wildman–Crippen MR) is 152 cm³/mol. The fourth-order valence-electron chi connectivity index (χ4n) is 4.90. The molecular formula is C29H30N4O3S2. The van der Waals surface area contributed by atoms with Gasteiger partial charge in [0.1, 0.15) is 0 Å². The predicted octanol–water partition coefficient (Wildman–Crippen LogP) is 4.78. The van der Waals surface area contributed by atoms with Crippen molar-refractivity contribution in [3.05, 3.63) is 90.1 Å². The van der Waals surface area contributed by atoms with Crippen LogP contribution in [0, 0.1) is 0 Å². The topological polar surface area (TPSA) is 67.2 Å². The second kappa shape index (κ2) is 11.0. The van der Waals surface area contributed by atoms with Gasteiger partial charge in [-0.25, -0.2) is 13.4 Å². The summed E-state index contributed by atoms with van der Waals surface area (Å²) in [7, 11) is -3.68. The minimum Gasteiger partial charge on any atom is -0.379 e. The van der Waals surface area contributed by atoms with Crippen molar-refractivity contribution in [3.63, 3.8) is 0 Å². The lowest BCUT2D eigenvalue weighted by Gasteiger charge is -2.29. The molecule has 0 amide bonds. The number of morpholine rings is 1. The Balaban J connectivity index is 1.26. The molecule has 1 aliphatic heterocycles. The van der Waals surface area contributed by atoms with E-state index in [0.29, 0.717) is 44.2 Å². The number of imidazole rings is 1. The van der Waals surface area contributed by atoms with Crippen molar-refractivity contribution >= 4 is 37.1 Å². The van der Waals surface area contributed by atoms with Crippen LogP contribution < -0.4 is 0 Å². The van der Waals surface area contributed by atoms with Crippen molar-refractivity contribution in [1.82, 2.24) is 18.6 Å². The molecule has 1 saturated heterocycles. The molecule has 0 atom stereocenters. The highest BCUT2D eigenvalue weighted by Gasteiger charge is 2.26. The van der Waals surface area contributed by atoms with Gasteiger partial charge in [-0.1, -0.05) is 60.7 Å². The Morgan fingerprint density at radius 3 is 2.50 bits per heavy atom. The summed E-state index contributed by atoms with van der Waals surface area (Å²) in [6, 6.07) is 23.4. The summed E-state index contributed by atoms with van der Waals surface area (Å²) in [6.45, 7) is 4.53. The summed E-state index contributed by atoms with van der Waals surface area (Å²) < 4.78 is 37.1. The van der Waals surface area contributed by atoms with Gasteiger partial charge < -0.3 is 4.74 Å². The summed E-state index contributed by atoms with van der Waals surface area (Å²) >= 11 is 1.58. The molecule has 0 spiro atoms. The van der Waals surface area contributed by atoms with Gasteiger partial charge >= 0.3 is 0 Å². The molecule has 38 heavy (non-hydrogen) atoms. The monoisotopic (exact) mass is 546 g/mol. The maximum atomic E-state index is 13.9. The molecule has 0 saturated carbocycles. The van der Waals surface area contributed by atoms with Gasteiger partial charge in [-0.15, -0.1) is 11.3 Å². The third kappa shape index (κ3) is 5.25. The van der Waals surface area contributed by atoms with E-state index in [4.69, 9.17) is 9.72 Å². The van der Waals surface area contributed by atoms with Gasteiger partial charge in [0, 0.05) is 62.0 Å². The average molecular weight is 547 g/mol. The first kappa shape index (κ1) is 25.2. The standard InChI is InChI=1S/C29H30N4O3S2/c34-38(35,27-11-10-23-6-4-5-9-25(23)20-27)32(15-14-31-16-18-36-19-17-31)13-12-26-22-37-29-30-28(21-33(26)29)24-7-2-1-3-8-24/h1-11,20-22H,12-19H2. The van der Waals surface area contributed by atoms with Crippen molar-refractivity contribution in [2.75, 3.05) is 45.9 Å². The third-order valence-corrected chi connectivity index (χ3v) is 9.88. The molecule has 0 bridgehead atoms. The maximum absolute atomic E-state index is 13.9. The molecule has 3 aromatic carbocycles. The van der Waals surface area contributed by atoms with E-state index >= 15 is 0 Å². The molecule has 1 aliphatic rings. The Bertz CT molecular complexity index is 1640. The lowest BCUT2D eigenvalue weighted by Crippen LogP contribution is -2.43. The van der Waals surface area contributed by atoms with Crippen LogP contribution in [0.15, 0.2) is 89.3 Å². The van der Waals surface area contributed by atoms with Crippen molar-refractivity contribution in [2.24, 2.45) is 0 Å². The van der Waals surface area contributed by atoms with E-state index in [1.54, 1.807) is 27.8 Å². The summed E-state index contributed by atoms with van der Waals surface area (Å²) in [5.41, 5.74) is 3.05. The number of aromatic nitrogens is 2. The van der Waals surface area contributed by atoms with Crippen molar-refractivity contribution in [3.8, 4) is 11.3 Å². The van der Waals surface area contributed by atoms with E-state index in [1.165, 1.54) is 0 Å². The van der Waals surface area contributed by atoms with Crippen LogP contribution >= 0.6 is 11.3 Å². The molecule has 7 nitrogen and oxygen atoms in total. The van der Waals surface area contributed by atoms with E-state index in [9.17, 15) is 8.42 Å². The molecule has 0 aliphatic carbocycles. The zero-order valence-electron chi connectivity index (χ0n) is 21.1. The van der Waals surface area contributed by atoms with Crippen LogP contribution in [-0.2, 0) is 21.2 Å². The Morgan fingerprint density at radius 2 is 1.68 bits per heavy atom. The molecule has 6 rings (SSSR count). The van der Waals surface area contributed by atoms with E-state index < -0.39 is 10.0 Å². The molecule has 0 unspecified atom stereocenters. The number of sulfonamides is 1. The lowest BCUT2D eigenvalue weighted by molar-refractivity contribution is 0.0363. The first-order valence-corrected chi connectivity index (χ1v) is 15.2. The summed E-state index contributed by atoms with van der Waals surface area (Å²) in [5, 5.41) is 4.04. The van der Waals surface area contributed by atoms with Crippen LogP contribution in [0.3, 0.4) is 0 Å². The first-order valence-electron chi connectivity index (χ1n) is 12.9. The largest absolute Gasteiger partial charge is 0.379 e. The molecule has 0 N–H and O–H groups in total. The zero-order valence-corrected chi connectivity index (χ0v) is 22.7. The van der Waals surface area contributed by atoms with Crippen molar-refractivity contribution in [2.45, 2.75) is 11.3 Å². The lowest BCUT2D eigenvalue weighted by atomic mass is 10.1. The van der Waals surface area contributed by atoms with E-state index in [2.05, 4.69) is 26.8 Å². The van der Waals surface area contributed by atoms with Gasteiger partial charge in [0.15, 0.2) is 4.96 Å². The quantitative estimate of drug-likeness (QED) is 0.266. The second-order valence-corrected chi connectivity index (χ2v) is 12.3. The van der Waals surface area contributed by atoms with Crippen LogP contribution in [0.4, 0.5) is 0 Å². The van der Waals surface area contributed by atoms with Gasteiger partial charge in [-0.3, -0.25) is 9.30 Å². The second-order valence-electron chi connectivity index (χ2n) is 9.49. The van der Waals surface area contributed by atoms with Crippen LogP contribution in [0.2, 0.25) is 0 Å². The number of benzene rings is 3. The van der Waals surface area contributed by atoms with Crippen LogP contribution in [0.1, 0.15) is 5.69 Å². The van der Waals surface area contributed by atoms with E-state index in [1.807, 2.05) is 54.7 Å². The fraction of sp³-hybridized carbons (Fsp3) is 0.276. The molecule has 1 fully saturated rings. The average Bonchev–Trinajstić information content (AvgIpc) is 3.55. The Morgan fingerprint density at radius 1 is 0.921 bits per heavy atom. The van der Waals surface area contributed by atoms with Gasteiger partial charge in [-0.05, 0) is 22.9 Å². The van der Waals surface area contributed by atoms with Gasteiger partial charge in [0.05, 0.1) is 23.8 Å². The molecular weight excluding hydrogens is 516 g/mol. The maximum Gasteiger partial charge on any atom is 0.243 e. The number of rotatable bonds is 9. The molecule has 2 aromatic heterocycles. The smallest absolute Gasteiger partial charge is 0.243 e. The minimum atomic E-state index is -3.68. The van der Waals surface area contributed by atoms with Gasteiger partial charge in [-0.2, -0.15) is 4.31 Å². The number of hydrogen-bond acceptors (Lipinski definition) is 6. The highest BCUT2D eigenvalue weighted by atomic mass is 32.2. The SMILES string of the molecule is O=S(=O)(c1ccc2ccccc2c1)N(CCc1csc2nc(-c3ccccc3)cn12)CCN1CCOCC1. The molecule has 5 aromatic rings. The molecule has 0 radical (unpaired) electrons. The van der Waals surface area contributed by atoms with Crippen molar-refractivity contribution in [1.29, 1.82) is 0 Å². The third-order valence-electron chi connectivity index (χ3n) is 7.10. The summed E-state index contributed by atoms with van der Waals surface area (Å²) in [4.78, 5) is 8.31. The Kier molecular flexibility index (Phi) is 7.27. The highest BCUT2D eigenvalue weighted by Crippen LogP contribution is 2.26. The number of nitrogens with zero attached hydrogens (tertiary/aromatic N) is 4. The summed E-state index contributed by atoms with van der Waals surface area (Å²) in [5.74, 6) is 0. The fourth-order valence-corrected chi connectivity index (χ4v) is 7.28. The number of thiazole rings is 1. The Labute approximate surface area is 227 Å². The minimum absolute atomic E-state index is 0.336. The zero-order chi connectivity index (χ0) is 26.0. The van der Waals surface area contributed by atoms with Crippen LogP contribution in [0.25, 0.3) is 27.0 Å². The van der Waals surface area contributed by atoms with E-state index in [-0.39, 0.29) is 0 Å². The summed E-state index contributed by atoms with van der Waals surface area (Å²) in [6.07, 6.45) is 2.65. The number of ether oxygens (including phenoxy) is 1. The van der Waals surface area contributed by atoms with Gasteiger partial charge in [0.2, 0.25) is 10.0 Å². The molecule has 196 valence electrons. The number of fused-ring (bicyclic) bond motifs is 2. The molecule has 3 heterocycles. The van der Waals surface area contributed by atoms with E-state index in [0.717, 1.165) is 45.8 Å². The normalized spacial score (nSPS) is 15.1. The first-order chi connectivity index (χ1) is 18.6.